The van der Waals surface area contributed by atoms with Crippen molar-refractivity contribution in [2.75, 3.05) is 26.2 Å². The second-order valence-corrected chi connectivity index (χ2v) is 7.16. The van der Waals surface area contributed by atoms with Gasteiger partial charge in [0.1, 0.15) is 5.82 Å². The van der Waals surface area contributed by atoms with Crippen LogP contribution >= 0.6 is 0 Å². The molecule has 1 aromatic carbocycles. The van der Waals surface area contributed by atoms with Crippen molar-refractivity contribution in [3.8, 4) is 0 Å². The molecule has 2 aromatic rings. The number of fused-ring (bicyclic) bond motifs is 1. The first-order valence-electron chi connectivity index (χ1n) is 9.06. The van der Waals surface area contributed by atoms with Crippen LogP contribution in [0.4, 0.5) is 0 Å². The van der Waals surface area contributed by atoms with Crippen LogP contribution in [0, 0.1) is 0 Å². The van der Waals surface area contributed by atoms with E-state index in [1.165, 1.54) is 12.8 Å². The summed E-state index contributed by atoms with van der Waals surface area (Å²) in [5.41, 5.74) is 2.66. The van der Waals surface area contributed by atoms with Crippen LogP contribution in [0.1, 0.15) is 48.3 Å². The molecule has 1 saturated carbocycles. The maximum atomic E-state index is 12.9. The topological polar surface area (TPSA) is 58.4 Å². The predicted octanol–water partition coefficient (Wildman–Crippen LogP) is 2.15. The number of hydrogen-bond donors (Lipinski definition) is 0. The van der Waals surface area contributed by atoms with Gasteiger partial charge in [0.15, 0.2) is 0 Å². The van der Waals surface area contributed by atoms with Gasteiger partial charge < -0.3 is 14.4 Å². The van der Waals surface area contributed by atoms with E-state index in [-0.39, 0.29) is 11.8 Å². The highest BCUT2D eigenvalue weighted by atomic mass is 16.2. The number of carbonyl (C=O) groups excluding carboxylic acids is 2. The second kappa shape index (κ2) is 6.17. The first kappa shape index (κ1) is 16.1. The zero-order valence-electron chi connectivity index (χ0n) is 14.9. The third-order valence-electron chi connectivity index (χ3n) is 5.33. The number of amides is 2. The van der Waals surface area contributed by atoms with Gasteiger partial charge in [-0.05, 0) is 37.5 Å². The molecular formula is C19H24N4O2. The van der Waals surface area contributed by atoms with E-state index >= 15 is 0 Å². The molecule has 2 fully saturated rings. The normalized spacial score (nSPS) is 18.5. The smallest absolute Gasteiger partial charge is 0.253 e. The predicted molar refractivity (Wildman–Crippen MR) is 95.5 cm³/mol. The lowest BCUT2D eigenvalue weighted by atomic mass is 10.1. The lowest BCUT2D eigenvalue weighted by molar-refractivity contribution is -0.128. The van der Waals surface area contributed by atoms with Gasteiger partial charge in [-0.15, -0.1) is 0 Å². The highest BCUT2D eigenvalue weighted by Gasteiger charge is 2.29. The van der Waals surface area contributed by atoms with Crippen molar-refractivity contribution in [2.24, 2.45) is 7.05 Å². The summed E-state index contributed by atoms with van der Waals surface area (Å²) in [5.74, 6) is 1.83. The van der Waals surface area contributed by atoms with Crippen LogP contribution in [0.15, 0.2) is 18.2 Å². The lowest BCUT2D eigenvalue weighted by Crippen LogP contribution is -2.36. The summed E-state index contributed by atoms with van der Waals surface area (Å²) in [4.78, 5) is 32.9. The van der Waals surface area contributed by atoms with Crippen LogP contribution in [-0.2, 0) is 11.8 Å². The van der Waals surface area contributed by atoms with Crippen LogP contribution in [-0.4, -0.2) is 57.3 Å². The van der Waals surface area contributed by atoms with Crippen molar-refractivity contribution < 1.29 is 9.59 Å². The first-order chi connectivity index (χ1) is 12.0. The lowest BCUT2D eigenvalue weighted by Gasteiger charge is -2.21. The van der Waals surface area contributed by atoms with E-state index in [0.717, 1.165) is 29.8 Å². The van der Waals surface area contributed by atoms with E-state index < -0.39 is 0 Å². The molecule has 1 aliphatic carbocycles. The van der Waals surface area contributed by atoms with Crippen LogP contribution in [0.25, 0.3) is 11.0 Å². The molecule has 0 atom stereocenters. The Hall–Kier alpha value is -2.37. The molecule has 2 aliphatic rings. The Morgan fingerprint density at radius 3 is 2.52 bits per heavy atom. The molecule has 0 unspecified atom stereocenters. The van der Waals surface area contributed by atoms with E-state index in [4.69, 9.17) is 4.98 Å². The monoisotopic (exact) mass is 340 g/mol. The average molecular weight is 340 g/mol. The largest absolute Gasteiger partial charge is 0.341 e. The van der Waals surface area contributed by atoms with Gasteiger partial charge in [0.2, 0.25) is 5.91 Å². The fraction of sp³-hybridized carbons (Fsp3) is 0.526. The van der Waals surface area contributed by atoms with E-state index in [2.05, 4.69) is 11.6 Å². The van der Waals surface area contributed by atoms with Gasteiger partial charge in [0.25, 0.3) is 5.91 Å². The highest BCUT2D eigenvalue weighted by Crippen LogP contribution is 2.40. The van der Waals surface area contributed by atoms with Crippen LogP contribution in [0.3, 0.4) is 0 Å². The summed E-state index contributed by atoms with van der Waals surface area (Å²) in [6.07, 6.45) is 3.25. The number of hydrogen-bond acceptors (Lipinski definition) is 3. The molecule has 6 heteroatoms. The van der Waals surface area contributed by atoms with Crippen LogP contribution in [0.5, 0.6) is 0 Å². The minimum Gasteiger partial charge on any atom is -0.341 e. The molecule has 1 aliphatic heterocycles. The van der Waals surface area contributed by atoms with E-state index in [9.17, 15) is 9.59 Å². The quantitative estimate of drug-likeness (QED) is 0.842. The molecule has 2 heterocycles. The highest BCUT2D eigenvalue weighted by molar-refractivity contribution is 5.97. The third kappa shape index (κ3) is 3.01. The summed E-state index contributed by atoms with van der Waals surface area (Å²) in [5, 5.41) is 0. The van der Waals surface area contributed by atoms with Gasteiger partial charge in [-0.25, -0.2) is 4.98 Å². The van der Waals surface area contributed by atoms with Gasteiger partial charge in [-0.2, -0.15) is 0 Å². The van der Waals surface area contributed by atoms with E-state index in [1.54, 1.807) is 6.92 Å². The van der Waals surface area contributed by atoms with Gasteiger partial charge >= 0.3 is 0 Å². The third-order valence-corrected chi connectivity index (χ3v) is 5.33. The Balaban J connectivity index is 1.56. The molecular weight excluding hydrogens is 316 g/mol. The Morgan fingerprint density at radius 2 is 1.80 bits per heavy atom. The van der Waals surface area contributed by atoms with Crippen molar-refractivity contribution in [3.05, 3.63) is 29.6 Å². The summed E-state index contributed by atoms with van der Waals surface area (Å²) in [6.45, 7) is 4.20. The zero-order valence-corrected chi connectivity index (χ0v) is 14.9. The first-order valence-corrected chi connectivity index (χ1v) is 9.06. The standard InChI is InChI=1S/C19H24N4O2/c1-13(24)22-8-3-9-23(11-10-22)19(25)15-6-7-17-16(12-15)20-18(21(17)2)14-4-5-14/h6-7,12,14H,3-5,8-11H2,1-2H3. The minimum absolute atomic E-state index is 0.0333. The van der Waals surface area contributed by atoms with Gasteiger partial charge in [0, 0.05) is 51.6 Å². The molecule has 1 saturated heterocycles. The Morgan fingerprint density at radius 1 is 1.08 bits per heavy atom. The van der Waals surface area contributed by atoms with Crippen molar-refractivity contribution in [2.45, 2.75) is 32.1 Å². The molecule has 4 rings (SSSR count). The van der Waals surface area contributed by atoms with Crippen molar-refractivity contribution in [1.29, 1.82) is 0 Å². The molecule has 2 amide bonds. The van der Waals surface area contributed by atoms with E-state index in [0.29, 0.717) is 31.1 Å². The number of carbonyl (C=O) groups is 2. The van der Waals surface area contributed by atoms with E-state index in [1.807, 2.05) is 28.0 Å². The molecule has 0 spiro atoms. The number of aryl methyl sites for hydroxylation is 1. The molecule has 1 aromatic heterocycles. The van der Waals surface area contributed by atoms with Crippen molar-refractivity contribution in [1.82, 2.24) is 19.4 Å². The Labute approximate surface area is 147 Å². The summed E-state index contributed by atoms with van der Waals surface area (Å²) < 4.78 is 2.15. The molecule has 6 nitrogen and oxygen atoms in total. The van der Waals surface area contributed by atoms with Crippen molar-refractivity contribution in [3.63, 3.8) is 0 Å². The maximum Gasteiger partial charge on any atom is 0.253 e. The van der Waals surface area contributed by atoms with Gasteiger partial charge in [-0.1, -0.05) is 0 Å². The molecule has 132 valence electrons. The SMILES string of the molecule is CC(=O)N1CCCN(C(=O)c2ccc3c(c2)nc(C2CC2)n3C)CC1. The molecule has 0 radical (unpaired) electrons. The number of aromatic nitrogens is 2. The number of rotatable bonds is 2. The fourth-order valence-electron chi connectivity index (χ4n) is 3.68. The number of imidazole rings is 1. The van der Waals surface area contributed by atoms with Crippen LogP contribution in [0.2, 0.25) is 0 Å². The Bertz CT molecular complexity index is 837. The number of benzene rings is 1. The zero-order chi connectivity index (χ0) is 17.6. The molecule has 0 bridgehead atoms. The summed E-state index contributed by atoms with van der Waals surface area (Å²) in [6, 6.07) is 5.81. The summed E-state index contributed by atoms with van der Waals surface area (Å²) in [7, 11) is 2.05. The fourth-order valence-corrected chi connectivity index (χ4v) is 3.68. The average Bonchev–Trinajstić information content (AvgIpc) is 3.41. The number of nitrogens with zero attached hydrogens (tertiary/aromatic N) is 4. The van der Waals surface area contributed by atoms with Gasteiger partial charge in [-0.3, -0.25) is 9.59 Å². The van der Waals surface area contributed by atoms with Gasteiger partial charge in [0.05, 0.1) is 11.0 Å². The minimum atomic E-state index is 0.0333. The molecule has 0 N–H and O–H groups in total. The summed E-state index contributed by atoms with van der Waals surface area (Å²) >= 11 is 0. The second-order valence-electron chi connectivity index (χ2n) is 7.16. The maximum absolute atomic E-state index is 12.9. The van der Waals surface area contributed by atoms with Crippen LogP contribution < -0.4 is 0 Å². The Kier molecular flexibility index (Phi) is 3.98. The molecule has 25 heavy (non-hydrogen) atoms. The van der Waals surface area contributed by atoms with Crippen molar-refractivity contribution >= 4 is 22.8 Å².